The molecular formula is C25H39FO4. The van der Waals surface area contributed by atoms with E-state index < -0.39 is 5.97 Å². The minimum absolute atomic E-state index is 0.0897. The highest BCUT2D eigenvalue weighted by Gasteiger charge is 2.64. The highest BCUT2D eigenvalue weighted by molar-refractivity contribution is 5.86. The maximum absolute atomic E-state index is 13.8. The Labute approximate surface area is 180 Å². The quantitative estimate of drug-likeness (QED) is 0.643. The van der Waals surface area contributed by atoms with Crippen LogP contribution in [-0.4, -0.2) is 23.0 Å². The Bertz CT molecular complexity index is 680. The summed E-state index contributed by atoms with van der Waals surface area (Å²) in [6.07, 6.45) is 9.51. The standard InChI is InChI=1S/C25H39FO4/c1-4-17-20-14-16(27)10-12-25(20,3)19-11-13-24(2)15(6-5-7-21(28)30-26)8-9-18(24)22(19)23(17)29/h15-20,22,27H,4-14H2,1-3H3/t15-,16+,17?,18?,19?,20?,22?,24?,25?/m0/s1. The van der Waals surface area contributed by atoms with E-state index in [0.717, 1.165) is 57.8 Å². The number of rotatable bonds is 5. The SMILES string of the molecule is CCC1C(=O)C2C(CCC3(C)C2CC[C@@H]3CCCC(=O)OF)C2(C)CC[C@@H](O)CC12. The zero-order valence-corrected chi connectivity index (χ0v) is 18.9. The molecule has 0 aliphatic heterocycles. The van der Waals surface area contributed by atoms with Gasteiger partial charge in [-0.15, -0.1) is 0 Å². The fourth-order valence-electron chi connectivity index (χ4n) is 8.75. The van der Waals surface area contributed by atoms with E-state index in [0.29, 0.717) is 35.9 Å². The number of aliphatic hydroxyl groups excluding tert-OH is 1. The van der Waals surface area contributed by atoms with E-state index in [4.69, 9.17) is 0 Å². The van der Waals surface area contributed by atoms with Crippen molar-refractivity contribution in [3.63, 3.8) is 0 Å². The van der Waals surface area contributed by atoms with Gasteiger partial charge < -0.3 is 5.11 Å². The second-order valence-corrected chi connectivity index (χ2v) is 11.4. The predicted molar refractivity (Wildman–Crippen MR) is 112 cm³/mol. The van der Waals surface area contributed by atoms with Crippen LogP contribution < -0.4 is 0 Å². The van der Waals surface area contributed by atoms with Crippen LogP contribution in [0.2, 0.25) is 0 Å². The largest absolute Gasteiger partial charge is 0.393 e. The van der Waals surface area contributed by atoms with Crippen molar-refractivity contribution < 1.29 is 24.2 Å². The second-order valence-electron chi connectivity index (χ2n) is 11.4. The third kappa shape index (κ3) is 3.34. The Kier molecular flexibility index (Phi) is 6.06. The number of halogens is 1. The van der Waals surface area contributed by atoms with Crippen LogP contribution in [0.3, 0.4) is 0 Å². The summed E-state index contributed by atoms with van der Waals surface area (Å²) in [6, 6.07) is 0. The smallest absolute Gasteiger partial charge is 0.348 e. The van der Waals surface area contributed by atoms with Crippen molar-refractivity contribution in [2.75, 3.05) is 0 Å². The highest BCUT2D eigenvalue weighted by atomic mass is 19.3. The first-order valence-corrected chi connectivity index (χ1v) is 12.3. The van der Waals surface area contributed by atoms with E-state index >= 15 is 0 Å². The van der Waals surface area contributed by atoms with Crippen LogP contribution in [0.4, 0.5) is 4.53 Å². The Morgan fingerprint density at radius 1 is 1.10 bits per heavy atom. The van der Waals surface area contributed by atoms with Crippen molar-refractivity contribution in [2.45, 2.75) is 97.5 Å². The maximum Gasteiger partial charge on any atom is 0.348 e. The molecule has 9 atom stereocenters. The summed E-state index contributed by atoms with van der Waals surface area (Å²) in [4.78, 5) is 28.3. The molecule has 0 saturated heterocycles. The molecule has 30 heavy (non-hydrogen) atoms. The van der Waals surface area contributed by atoms with Gasteiger partial charge in [-0.05, 0) is 98.7 Å². The van der Waals surface area contributed by atoms with E-state index in [1.165, 1.54) is 0 Å². The fraction of sp³-hybridized carbons (Fsp3) is 0.920. The molecular weight excluding hydrogens is 383 g/mol. The van der Waals surface area contributed by atoms with E-state index in [1.54, 1.807) is 0 Å². The summed E-state index contributed by atoms with van der Waals surface area (Å²) >= 11 is 0. The van der Waals surface area contributed by atoms with Crippen molar-refractivity contribution in [3.8, 4) is 0 Å². The number of carbonyl (C=O) groups excluding carboxylic acids is 2. The molecule has 0 spiro atoms. The van der Waals surface area contributed by atoms with Gasteiger partial charge in [0, 0.05) is 22.8 Å². The number of hydrogen-bond donors (Lipinski definition) is 1. The monoisotopic (exact) mass is 422 g/mol. The molecule has 0 aromatic carbocycles. The minimum Gasteiger partial charge on any atom is -0.393 e. The third-order valence-corrected chi connectivity index (χ3v) is 10.3. The molecule has 0 aromatic rings. The van der Waals surface area contributed by atoms with Crippen LogP contribution in [0.15, 0.2) is 0 Å². The highest BCUT2D eigenvalue weighted by Crippen LogP contribution is 2.68. The first-order valence-electron chi connectivity index (χ1n) is 12.3. The normalized spacial score (nSPS) is 47.9. The molecule has 0 bridgehead atoms. The van der Waals surface area contributed by atoms with Crippen LogP contribution in [0.5, 0.6) is 0 Å². The predicted octanol–water partition coefficient (Wildman–Crippen LogP) is 5.42. The minimum atomic E-state index is -0.773. The Morgan fingerprint density at radius 3 is 2.50 bits per heavy atom. The number of ketones is 1. The molecule has 0 heterocycles. The topological polar surface area (TPSA) is 63.6 Å². The van der Waals surface area contributed by atoms with Gasteiger partial charge in [-0.1, -0.05) is 20.8 Å². The summed E-state index contributed by atoms with van der Waals surface area (Å²) in [7, 11) is 0. The van der Waals surface area contributed by atoms with Gasteiger partial charge in [0.2, 0.25) is 0 Å². The molecule has 4 fully saturated rings. The van der Waals surface area contributed by atoms with E-state index in [2.05, 4.69) is 25.7 Å². The lowest BCUT2D eigenvalue weighted by molar-refractivity contribution is -0.183. The Morgan fingerprint density at radius 2 is 1.80 bits per heavy atom. The number of aliphatic hydroxyl groups is 1. The van der Waals surface area contributed by atoms with E-state index in [9.17, 15) is 19.2 Å². The van der Waals surface area contributed by atoms with Crippen molar-refractivity contribution in [2.24, 2.45) is 46.3 Å². The van der Waals surface area contributed by atoms with Crippen molar-refractivity contribution in [1.29, 1.82) is 0 Å². The summed E-state index contributed by atoms with van der Waals surface area (Å²) in [5.74, 6) is 1.67. The summed E-state index contributed by atoms with van der Waals surface area (Å²) in [5.41, 5.74) is 0.314. The molecule has 7 unspecified atom stereocenters. The van der Waals surface area contributed by atoms with E-state index in [1.807, 2.05) is 0 Å². The Hall–Kier alpha value is -0.970. The Balaban J connectivity index is 1.56. The van der Waals surface area contributed by atoms with Gasteiger partial charge in [-0.25, -0.2) is 4.79 Å². The van der Waals surface area contributed by atoms with Gasteiger partial charge in [0.05, 0.1) is 6.10 Å². The van der Waals surface area contributed by atoms with Gasteiger partial charge in [-0.2, -0.15) is 0 Å². The maximum atomic E-state index is 13.8. The second kappa shape index (κ2) is 8.18. The number of Topliss-reactive ketones (excluding diaryl/α,β-unsaturated/α-hetero) is 1. The van der Waals surface area contributed by atoms with Crippen molar-refractivity contribution >= 4 is 11.8 Å². The molecule has 0 aromatic heterocycles. The first kappa shape index (κ1) is 22.2. The molecule has 5 heteroatoms. The van der Waals surface area contributed by atoms with Gasteiger partial charge in [0.1, 0.15) is 5.78 Å². The van der Waals surface area contributed by atoms with Gasteiger partial charge >= 0.3 is 5.97 Å². The summed E-state index contributed by atoms with van der Waals surface area (Å²) < 4.78 is 12.0. The number of fused-ring (bicyclic) bond motifs is 5. The molecule has 4 aliphatic rings. The van der Waals surface area contributed by atoms with Crippen molar-refractivity contribution in [1.82, 2.24) is 0 Å². The fourth-order valence-corrected chi connectivity index (χ4v) is 8.75. The molecule has 1 N–H and O–H groups in total. The molecule has 4 saturated carbocycles. The van der Waals surface area contributed by atoms with Crippen LogP contribution in [0.25, 0.3) is 0 Å². The number of hydrogen-bond acceptors (Lipinski definition) is 4. The molecule has 0 amide bonds. The van der Waals surface area contributed by atoms with Crippen LogP contribution >= 0.6 is 0 Å². The van der Waals surface area contributed by atoms with Crippen LogP contribution in [-0.2, 0) is 14.5 Å². The van der Waals surface area contributed by atoms with Crippen LogP contribution in [0, 0.1) is 46.3 Å². The lowest BCUT2D eigenvalue weighted by atomic mass is 9.42. The lowest BCUT2D eigenvalue weighted by Gasteiger charge is -2.62. The molecule has 4 aliphatic carbocycles. The van der Waals surface area contributed by atoms with Gasteiger partial charge in [-0.3, -0.25) is 9.74 Å². The molecule has 170 valence electrons. The van der Waals surface area contributed by atoms with Gasteiger partial charge in [0.25, 0.3) is 0 Å². The van der Waals surface area contributed by atoms with Crippen molar-refractivity contribution in [3.05, 3.63) is 0 Å². The average Bonchev–Trinajstić information content (AvgIpc) is 3.06. The molecule has 0 radical (unpaired) electrons. The molecule has 4 nitrogen and oxygen atoms in total. The number of carbonyl (C=O) groups is 2. The molecule has 4 rings (SSSR count). The zero-order valence-electron chi connectivity index (χ0n) is 18.9. The van der Waals surface area contributed by atoms with Crippen LogP contribution in [0.1, 0.15) is 91.4 Å². The lowest BCUT2D eigenvalue weighted by Crippen LogP contribution is -2.60. The summed E-state index contributed by atoms with van der Waals surface area (Å²) in [5, 5.41) is 10.4. The van der Waals surface area contributed by atoms with E-state index in [-0.39, 0.29) is 35.2 Å². The zero-order chi connectivity index (χ0) is 21.7. The summed E-state index contributed by atoms with van der Waals surface area (Å²) in [6.45, 7) is 6.95. The average molecular weight is 423 g/mol. The first-order chi connectivity index (χ1) is 14.3. The third-order valence-electron chi connectivity index (χ3n) is 10.3. The van der Waals surface area contributed by atoms with Gasteiger partial charge in [0.15, 0.2) is 0 Å².